The van der Waals surface area contributed by atoms with Gasteiger partial charge in [0.05, 0.1) is 18.3 Å². The molecule has 1 fully saturated rings. The number of thiophene rings is 1. The van der Waals surface area contributed by atoms with E-state index in [1.807, 2.05) is 11.4 Å². The van der Waals surface area contributed by atoms with Crippen LogP contribution in [0, 0.1) is 5.82 Å². The van der Waals surface area contributed by atoms with Gasteiger partial charge in [0.25, 0.3) is 0 Å². The van der Waals surface area contributed by atoms with Crippen molar-refractivity contribution in [2.24, 2.45) is 0 Å². The number of fused-ring (bicyclic) bond motifs is 1. The van der Waals surface area contributed by atoms with Crippen LogP contribution in [0.4, 0.5) is 13.2 Å². The summed E-state index contributed by atoms with van der Waals surface area (Å²) >= 11 is 1.42. The van der Waals surface area contributed by atoms with Gasteiger partial charge in [0.2, 0.25) is 11.8 Å². The molecule has 0 amide bonds. The van der Waals surface area contributed by atoms with E-state index in [1.165, 1.54) is 47.8 Å². The van der Waals surface area contributed by atoms with Crippen LogP contribution in [0.2, 0.25) is 0 Å². The van der Waals surface area contributed by atoms with Gasteiger partial charge in [-0.2, -0.15) is 13.8 Å². The monoisotopic (exact) mass is 579 g/mol. The van der Waals surface area contributed by atoms with E-state index in [0.29, 0.717) is 52.8 Å². The van der Waals surface area contributed by atoms with Crippen LogP contribution >= 0.6 is 11.3 Å². The van der Waals surface area contributed by atoms with Gasteiger partial charge in [-0.25, -0.2) is 29.3 Å². The average Bonchev–Trinajstić information content (AvgIpc) is 3.55. The van der Waals surface area contributed by atoms with Gasteiger partial charge in [-0.15, -0.1) is 11.3 Å². The minimum atomic E-state index is -3.35. The number of hydrogen-bond donors (Lipinski definition) is 0. The number of rotatable bonds is 10. The molecule has 0 unspecified atom stereocenters. The predicted octanol–water partition coefficient (Wildman–Crippen LogP) is 6.31. The second kappa shape index (κ2) is 10.5. The number of pyridine rings is 1. The summed E-state index contributed by atoms with van der Waals surface area (Å²) in [5.74, 6) is -2.70. The predicted molar refractivity (Wildman–Crippen MR) is 146 cm³/mol. The van der Waals surface area contributed by atoms with E-state index in [1.54, 1.807) is 6.92 Å². The summed E-state index contributed by atoms with van der Waals surface area (Å²) < 4.78 is 57.2. The molecule has 9 nitrogen and oxygen atoms in total. The standard InChI is InChI=1S/C28H24F3N7O2S/c1-4-28(30,31)19-12-38(5-2)25(36-19)22-17(29)10-15(11-32-22)13-40-27-23-18(8-9-41-23)35-24(37-27)20-21(16-6-7-16)33-14-34-26(20)39-3/h4,8-12,14,16H,1,5-7,13H2,2-3H3. The zero-order valence-corrected chi connectivity index (χ0v) is 23.0. The Morgan fingerprint density at radius 2 is 2.00 bits per heavy atom. The number of nitrogens with zero attached hydrogens (tertiary/aromatic N) is 7. The van der Waals surface area contributed by atoms with E-state index in [4.69, 9.17) is 19.4 Å². The molecule has 0 N–H and O–H groups in total. The van der Waals surface area contributed by atoms with Crippen molar-refractivity contribution in [3.8, 4) is 34.7 Å². The van der Waals surface area contributed by atoms with Crippen molar-refractivity contribution in [3.05, 3.63) is 71.7 Å². The first-order valence-corrected chi connectivity index (χ1v) is 13.7. The molecule has 0 atom stereocenters. The number of methoxy groups -OCH3 is 1. The lowest BCUT2D eigenvalue weighted by atomic mass is 10.1. The zero-order chi connectivity index (χ0) is 28.7. The second-order valence-electron chi connectivity index (χ2n) is 9.43. The number of alkyl halides is 2. The third-order valence-electron chi connectivity index (χ3n) is 6.70. The summed E-state index contributed by atoms with van der Waals surface area (Å²) in [5.41, 5.74) is 1.89. The molecule has 0 bridgehead atoms. The topological polar surface area (TPSA) is 101 Å². The molecule has 41 heavy (non-hydrogen) atoms. The van der Waals surface area contributed by atoms with Crippen molar-refractivity contribution in [1.82, 2.24) is 34.5 Å². The third-order valence-corrected chi connectivity index (χ3v) is 7.59. The van der Waals surface area contributed by atoms with Gasteiger partial charge in [0, 0.05) is 30.4 Å². The van der Waals surface area contributed by atoms with Gasteiger partial charge in [-0.1, -0.05) is 6.58 Å². The van der Waals surface area contributed by atoms with Gasteiger partial charge in [0.1, 0.15) is 34.6 Å². The normalized spacial score (nSPS) is 13.5. The fourth-order valence-electron chi connectivity index (χ4n) is 4.44. The Balaban J connectivity index is 1.31. The first-order valence-electron chi connectivity index (χ1n) is 12.8. The summed E-state index contributed by atoms with van der Waals surface area (Å²) in [5, 5.41) is 1.88. The molecule has 5 heterocycles. The van der Waals surface area contributed by atoms with Crippen molar-refractivity contribution >= 4 is 21.6 Å². The quantitative estimate of drug-likeness (QED) is 0.178. The van der Waals surface area contributed by atoms with Gasteiger partial charge in [0.15, 0.2) is 17.5 Å². The Morgan fingerprint density at radius 3 is 2.71 bits per heavy atom. The largest absolute Gasteiger partial charge is 0.480 e. The van der Waals surface area contributed by atoms with Gasteiger partial charge < -0.3 is 14.0 Å². The molecule has 6 rings (SSSR count). The average molecular weight is 580 g/mol. The number of hydrogen-bond acceptors (Lipinski definition) is 9. The molecule has 210 valence electrons. The fourth-order valence-corrected chi connectivity index (χ4v) is 5.22. The SMILES string of the molecule is C=CC(F)(F)c1cn(CC)c(-c2ncc(COc3nc(-c4c(OC)ncnc4C4CC4)nc4ccsc34)cc2F)n1. The smallest absolute Gasteiger partial charge is 0.309 e. The van der Waals surface area contributed by atoms with Crippen LogP contribution in [-0.2, 0) is 19.1 Å². The van der Waals surface area contributed by atoms with Crippen LogP contribution in [0.15, 0.2) is 48.9 Å². The summed E-state index contributed by atoms with van der Waals surface area (Å²) in [6, 6.07) is 3.11. The number of allylic oxidation sites excluding steroid dienone is 1. The Kier molecular flexibility index (Phi) is 6.89. The van der Waals surface area contributed by atoms with E-state index >= 15 is 4.39 Å². The highest BCUT2D eigenvalue weighted by Gasteiger charge is 2.33. The lowest BCUT2D eigenvalue weighted by Gasteiger charge is -2.13. The molecule has 13 heteroatoms. The molecule has 0 aliphatic heterocycles. The van der Waals surface area contributed by atoms with E-state index in [0.717, 1.165) is 23.2 Å². The molecular weight excluding hydrogens is 555 g/mol. The first-order chi connectivity index (χ1) is 19.8. The zero-order valence-electron chi connectivity index (χ0n) is 22.1. The molecule has 1 aliphatic carbocycles. The van der Waals surface area contributed by atoms with Crippen molar-refractivity contribution in [1.29, 1.82) is 0 Å². The summed E-state index contributed by atoms with van der Waals surface area (Å²) in [4.78, 5) is 26.3. The second-order valence-corrected chi connectivity index (χ2v) is 10.3. The number of halogens is 3. The maximum Gasteiger partial charge on any atom is 0.309 e. The molecular formula is C28H24F3N7O2S. The Labute approximate surface area is 236 Å². The number of aryl methyl sites for hydroxylation is 1. The highest BCUT2D eigenvalue weighted by Crippen LogP contribution is 2.45. The summed E-state index contributed by atoms with van der Waals surface area (Å²) in [6.45, 7) is 5.15. The van der Waals surface area contributed by atoms with Crippen LogP contribution in [0.3, 0.4) is 0 Å². The molecule has 5 aromatic heterocycles. The summed E-state index contributed by atoms with van der Waals surface area (Å²) in [7, 11) is 1.53. The van der Waals surface area contributed by atoms with Crippen LogP contribution in [0.5, 0.6) is 11.8 Å². The molecule has 0 aromatic carbocycles. The van der Waals surface area contributed by atoms with E-state index in [2.05, 4.69) is 26.5 Å². The third kappa shape index (κ3) is 5.01. The Morgan fingerprint density at radius 1 is 1.17 bits per heavy atom. The van der Waals surface area contributed by atoms with Crippen LogP contribution in [-0.4, -0.2) is 41.6 Å². The van der Waals surface area contributed by atoms with Crippen molar-refractivity contribution in [3.63, 3.8) is 0 Å². The van der Waals surface area contributed by atoms with Crippen LogP contribution in [0.1, 0.15) is 42.6 Å². The van der Waals surface area contributed by atoms with Gasteiger partial charge in [-0.05, 0) is 43.4 Å². The molecule has 1 saturated carbocycles. The Hall–Kier alpha value is -4.39. The van der Waals surface area contributed by atoms with Gasteiger partial charge in [-0.3, -0.25) is 0 Å². The van der Waals surface area contributed by atoms with Crippen molar-refractivity contribution in [2.75, 3.05) is 7.11 Å². The number of aromatic nitrogens is 7. The van der Waals surface area contributed by atoms with E-state index in [-0.39, 0.29) is 18.1 Å². The molecule has 1 aliphatic rings. The highest BCUT2D eigenvalue weighted by molar-refractivity contribution is 7.17. The minimum Gasteiger partial charge on any atom is -0.480 e. The first kappa shape index (κ1) is 26.8. The number of imidazole rings is 1. The van der Waals surface area contributed by atoms with Crippen molar-refractivity contribution < 1.29 is 22.6 Å². The van der Waals surface area contributed by atoms with Crippen molar-refractivity contribution in [2.45, 2.75) is 44.8 Å². The van der Waals surface area contributed by atoms with E-state index in [9.17, 15) is 8.78 Å². The highest BCUT2D eigenvalue weighted by atomic mass is 32.1. The molecule has 0 spiro atoms. The van der Waals surface area contributed by atoms with Crippen LogP contribution in [0.25, 0.3) is 33.1 Å². The van der Waals surface area contributed by atoms with Crippen LogP contribution < -0.4 is 9.47 Å². The maximum atomic E-state index is 15.2. The Bertz CT molecular complexity index is 1770. The fraction of sp³-hybridized carbons (Fsp3) is 0.286. The molecule has 0 saturated heterocycles. The number of ether oxygens (including phenoxy) is 2. The van der Waals surface area contributed by atoms with E-state index < -0.39 is 17.4 Å². The molecule has 0 radical (unpaired) electrons. The summed E-state index contributed by atoms with van der Waals surface area (Å²) in [6.07, 6.45) is 6.60. The maximum absolute atomic E-state index is 15.2. The lowest BCUT2D eigenvalue weighted by Crippen LogP contribution is -2.09. The lowest BCUT2D eigenvalue weighted by molar-refractivity contribution is 0.0480. The molecule has 5 aromatic rings. The minimum absolute atomic E-state index is 0.000207. The van der Waals surface area contributed by atoms with Gasteiger partial charge >= 0.3 is 5.92 Å².